The van der Waals surface area contributed by atoms with E-state index in [1.165, 1.54) is 16.0 Å². The first-order chi connectivity index (χ1) is 14.4. The van der Waals surface area contributed by atoms with E-state index in [0.717, 1.165) is 12.2 Å². The van der Waals surface area contributed by atoms with Crippen molar-refractivity contribution in [3.05, 3.63) is 51.7 Å². The van der Waals surface area contributed by atoms with Crippen LogP contribution in [0, 0.1) is 0 Å². The lowest BCUT2D eigenvalue weighted by Crippen LogP contribution is -2.47. The SMILES string of the molecule is CCC(=O)N(CC)CC(=O)N1CCc2sccc2C1COc1ccc(C(C)C)cc1. The third-order valence-electron chi connectivity index (χ3n) is 5.73. The maximum Gasteiger partial charge on any atom is 0.242 e. The maximum atomic E-state index is 13.1. The number of hydrogen-bond acceptors (Lipinski definition) is 4. The molecule has 0 saturated heterocycles. The smallest absolute Gasteiger partial charge is 0.242 e. The van der Waals surface area contributed by atoms with Gasteiger partial charge in [0.15, 0.2) is 0 Å². The van der Waals surface area contributed by atoms with Crippen LogP contribution in [-0.4, -0.2) is 47.9 Å². The normalized spacial score (nSPS) is 15.8. The summed E-state index contributed by atoms with van der Waals surface area (Å²) in [6.07, 6.45) is 1.26. The molecule has 5 nitrogen and oxygen atoms in total. The zero-order valence-corrected chi connectivity index (χ0v) is 19.2. The molecule has 1 unspecified atom stereocenters. The fraction of sp³-hybridized carbons (Fsp3) is 0.500. The second kappa shape index (κ2) is 10.1. The van der Waals surface area contributed by atoms with Crippen LogP contribution >= 0.6 is 11.3 Å². The van der Waals surface area contributed by atoms with Crippen molar-refractivity contribution in [1.29, 1.82) is 0 Å². The van der Waals surface area contributed by atoms with Crippen LogP contribution in [-0.2, 0) is 16.0 Å². The van der Waals surface area contributed by atoms with Gasteiger partial charge >= 0.3 is 0 Å². The maximum absolute atomic E-state index is 13.1. The molecule has 2 heterocycles. The van der Waals surface area contributed by atoms with Crippen molar-refractivity contribution < 1.29 is 14.3 Å². The van der Waals surface area contributed by atoms with Gasteiger partial charge in [-0.3, -0.25) is 9.59 Å². The van der Waals surface area contributed by atoms with Crippen molar-refractivity contribution >= 4 is 23.2 Å². The van der Waals surface area contributed by atoms with Gasteiger partial charge in [-0.05, 0) is 54.0 Å². The average Bonchev–Trinajstić information content (AvgIpc) is 3.24. The molecule has 1 atom stereocenters. The van der Waals surface area contributed by atoms with Crippen LogP contribution < -0.4 is 4.74 Å². The van der Waals surface area contributed by atoms with E-state index in [0.29, 0.717) is 32.0 Å². The third-order valence-corrected chi connectivity index (χ3v) is 6.73. The number of benzene rings is 1. The fourth-order valence-corrected chi connectivity index (χ4v) is 4.78. The molecule has 2 aromatic rings. The number of carbonyl (C=O) groups excluding carboxylic acids is 2. The van der Waals surface area contributed by atoms with E-state index in [2.05, 4.69) is 37.4 Å². The van der Waals surface area contributed by atoms with Gasteiger partial charge in [0.05, 0.1) is 12.6 Å². The van der Waals surface area contributed by atoms with E-state index in [4.69, 9.17) is 4.74 Å². The van der Waals surface area contributed by atoms with E-state index in [-0.39, 0.29) is 24.4 Å². The molecule has 2 amide bonds. The van der Waals surface area contributed by atoms with Crippen molar-refractivity contribution in [2.75, 3.05) is 26.2 Å². The van der Waals surface area contributed by atoms with Gasteiger partial charge in [-0.15, -0.1) is 11.3 Å². The molecular formula is C24H32N2O3S. The molecule has 1 aliphatic rings. The highest BCUT2D eigenvalue weighted by atomic mass is 32.1. The number of nitrogens with zero attached hydrogens (tertiary/aromatic N) is 2. The Bertz CT molecular complexity index is 860. The molecule has 3 rings (SSSR count). The Labute approximate surface area is 183 Å². The molecule has 0 radical (unpaired) electrons. The standard InChI is InChI=1S/C24H32N2O3S/c1-5-23(27)25(6-2)15-24(28)26-13-11-22-20(12-14-30-22)21(26)16-29-19-9-7-18(8-10-19)17(3)4/h7-10,12,14,17,21H,5-6,11,13,15-16H2,1-4H3. The summed E-state index contributed by atoms with van der Waals surface area (Å²) in [6, 6.07) is 10.1. The highest BCUT2D eigenvalue weighted by Gasteiger charge is 2.33. The first-order valence-corrected chi connectivity index (χ1v) is 11.7. The molecule has 0 saturated carbocycles. The number of fused-ring (bicyclic) bond motifs is 1. The summed E-state index contributed by atoms with van der Waals surface area (Å²) in [5, 5.41) is 2.09. The van der Waals surface area contributed by atoms with Crippen LogP contribution in [0.5, 0.6) is 5.75 Å². The van der Waals surface area contributed by atoms with Gasteiger partial charge in [-0.2, -0.15) is 0 Å². The van der Waals surface area contributed by atoms with Gasteiger partial charge < -0.3 is 14.5 Å². The predicted molar refractivity (Wildman–Crippen MR) is 121 cm³/mol. The van der Waals surface area contributed by atoms with E-state index < -0.39 is 0 Å². The minimum atomic E-state index is -0.132. The Morgan fingerprint density at radius 1 is 1.20 bits per heavy atom. The second-order valence-corrected chi connectivity index (χ2v) is 8.95. The van der Waals surface area contributed by atoms with Gasteiger partial charge in [-0.1, -0.05) is 32.9 Å². The molecule has 0 aliphatic carbocycles. The fourth-order valence-electron chi connectivity index (χ4n) is 3.85. The van der Waals surface area contributed by atoms with Crippen LogP contribution in [0.4, 0.5) is 0 Å². The highest BCUT2D eigenvalue weighted by Crippen LogP contribution is 2.34. The van der Waals surface area contributed by atoms with Gasteiger partial charge in [0.25, 0.3) is 0 Å². The lowest BCUT2D eigenvalue weighted by Gasteiger charge is -2.37. The summed E-state index contributed by atoms with van der Waals surface area (Å²) in [4.78, 5) is 30.1. The van der Waals surface area contributed by atoms with Crippen LogP contribution in [0.2, 0.25) is 0 Å². The van der Waals surface area contributed by atoms with Crippen LogP contribution in [0.3, 0.4) is 0 Å². The van der Waals surface area contributed by atoms with Crippen molar-refractivity contribution in [1.82, 2.24) is 9.80 Å². The molecule has 162 valence electrons. The number of thiophene rings is 1. The molecular weight excluding hydrogens is 396 g/mol. The molecule has 0 N–H and O–H groups in total. The molecule has 1 aliphatic heterocycles. The van der Waals surface area contributed by atoms with Gasteiger partial charge in [-0.25, -0.2) is 0 Å². The molecule has 0 fully saturated rings. The topological polar surface area (TPSA) is 49.9 Å². The van der Waals surface area contributed by atoms with Crippen LogP contribution in [0.15, 0.2) is 35.7 Å². The monoisotopic (exact) mass is 428 g/mol. The van der Waals surface area contributed by atoms with Gasteiger partial charge in [0, 0.05) is 24.4 Å². The lowest BCUT2D eigenvalue weighted by molar-refractivity contribution is -0.142. The molecule has 6 heteroatoms. The van der Waals surface area contributed by atoms with Crippen molar-refractivity contribution in [2.24, 2.45) is 0 Å². The van der Waals surface area contributed by atoms with E-state index in [1.807, 2.05) is 30.9 Å². The first kappa shape index (κ1) is 22.3. The molecule has 1 aromatic heterocycles. The van der Waals surface area contributed by atoms with Crippen molar-refractivity contribution in [3.8, 4) is 5.75 Å². The number of likely N-dealkylation sites (N-methyl/N-ethyl adjacent to an activating group) is 1. The average molecular weight is 429 g/mol. The Hall–Kier alpha value is -2.34. The summed E-state index contributed by atoms with van der Waals surface area (Å²) in [5.41, 5.74) is 2.44. The predicted octanol–water partition coefficient (Wildman–Crippen LogP) is 4.63. The number of amides is 2. The quantitative estimate of drug-likeness (QED) is 0.616. The zero-order chi connectivity index (χ0) is 21.7. The van der Waals surface area contributed by atoms with Gasteiger partial charge in [0.2, 0.25) is 11.8 Å². The number of ether oxygens (including phenoxy) is 1. The van der Waals surface area contributed by atoms with E-state index in [9.17, 15) is 9.59 Å². The van der Waals surface area contributed by atoms with Crippen LogP contribution in [0.25, 0.3) is 0 Å². The number of carbonyl (C=O) groups is 2. The highest BCUT2D eigenvalue weighted by molar-refractivity contribution is 7.10. The van der Waals surface area contributed by atoms with E-state index in [1.54, 1.807) is 16.2 Å². The van der Waals surface area contributed by atoms with Crippen LogP contribution in [0.1, 0.15) is 62.1 Å². The summed E-state index contributed by atoms with van der Waals surface area (Å²) >= 11 is 1.74. The summed E-state index contributed by atoms with van der Waals surface area (Å²) in [6.45, 7) is 9.81. The summed E-state index contributed by atoms with van der Waals surface area (Å²) in [5.74, 6) is 1.29. The summed E-state index contributed by atoms with van der Waals surface area (Å²) in [7, 11) is 0. The molecule has 0 spiro atoms. The largest absolute Gasteiger partial charge is 0.491 e. The van der Waals surface area contributed by atoms with Gasteiger partial charge in [0.1, 0.15) is 12.4 Å². The Morgan fingerprint density at radius 3 is 2.57 bits per heavy atom. The minimum Gasteiger partial charge on any atom is -0.491 e. The molecule has 0 bridgehead atoms. The second-order valence-electron chi connectivity index (χ2n) is 7.95. The Morgan fingerprint density at radius 2 is 1.93 bits per heavy atom. The minimum absolute atomic E-state index is 0.0112. The first-order valence-electron chi connectivity index (χ1n) is 10.8. The third kappa shape index (κ3) is 5.04. The molecule has 1 aromatic carbocycles. The molecule has 30 heavy (non-hydrogen) atoms. The van der Waals surface area contributed by atoms with Crippen molar-refractivity contribution in [3.63, 3.8) is 0 Å². The lowest BCUT2D eigenvalue weighted by atomic mass is 10.00. The number of hydrogen-bond donors (Lipinski definition) is 0. The Balaban J connectivity index is 1.74. The van der Waals surface area contributed by atoms with E-state index >= 15 is 0 Å². The summed E-state index contributed by atoms with van der Waals surface area (Å²) < 4.78 is 6.12. The van der Waals surface area contributed by atoms with Crippen molar-refractivity contribution in [2.45, 2.75) is 52.5 Å². The Kier molecular flexibility index (Phi) is 7.53. The zero-order valence-electron chi connectivity index (χ0n) is 18.4. The number of rotatable bonds is 8.